The molecule has 0 bridgehead atoms. The number of amides is 1. The Morgan fingerprint density at radius 3 is 2.48 bits per heavy atom. The number of nitrogens with one attached hydrogen (secondary N) is 1. The standard InChI is InChI=1S/C25H24BrN3O2/c26-23-16-20(8-13-24(23)31-18-19-6-2-1-3-7-19)17-27-28-25(30)21-9-11-22(12-10-21)29-14-4-5-15-29/h1-3,6-13,16-17H,4-5,14-15,18H2,(H,28,30)/b27-17-. The number of carbonyl (C=O) groups excluding carboxylic acids is 1. The molecule has 1 amide bonds. The van der Waals surface area contributed by atoms with E-state index in [0.717, 1.165) is 40.1 Å². The van der Waals surface area contributed by atoms with E-state index in [1.54, 1.807) is 6.21 Å². The number of hydrogen-bond donors (Lipinski definition) is 1. The smallest absolute Gasteiger partial charge is 0.271 e. The van der Waals surface area contributed by atoms with Crippen molar-refractivity contribution in [3.63, 3.8) is 0 Å². The Kier molecular flexibility index (Phi) is 6.99. The van der Waals surface area contributed by atoms with Crippen LogP contribution < -0.4 is 15.1 Å². The summed E-state index contributed by atoms with van der Waals surface area (Å²) in [6, 6.07) is 23.4. The van der Waals surface area contributed by atoms with Crippen LogP contribution in [0.5, 0.6) is 5.75 Å². The first-order chi connectivity index (χ1) is 15.2. The average Bonchev–Trinajstić information content (AvgIpc) is 3.34. The van der Waals surface area contributed by atoms with Crippen LogP contribution in [0.1, 0.15) is 34.3 Å². The second kappa shape index (κ2) is 10.3. The van der Waals surface area contributed by atoms with Gasteiger partial charge in [0.05, 0.1) is 10.7 Å². The second-order valence-corrected chi connectivity index (χ2v) is 8.26. The Bertz CT molecular complexity index is 1050. The molecule has 0 unspecified atom stereocenters. The normalized spacial score (nSPS) is 13.5. The Morgan fingerprint density at radius 2 is 1.77 bits per heavy atom. The number of anilines is 1. The lowest BCUT2D eigenvalue weighted by Crippen LogP contribution is -2.19. The van der Waals surface area contributed by atoms with Crippen molar-refractivity contribution < 1.29 is 9.53 Å². The third kappa shape index (κ3) is 5.73. The molecule has 0 aliphatic carbocycles. The van der Waals surface area contributed by atoms with E-state index >= 15 is 0 Å². The van der Waals surface area contributed by atoms with Crippen molar-refractivity contribution in [2.45, 2.75) is 19.4 Å². The van der Waals surface area contributed by atoms with Crippen LogP contribution in [0.3, 0.4) is 0 Å². The molecular weight excluding hydrogens is 454 g/mol. The van der Waals surface area contributed by atoms with Crippen LogP contribution >= 0.6 is 15.9 Å². The van der Waals surface area contributed by atoms with Gasteiger partial charge in [0.1, 0.15) is 12.4 Å². The van der Waals surface area contributed by atoms with Gasteiger partial charge in [-0.2, -0.15) is 5.10 Å². The highest BCUT2D eigenvalue weighted by molar-refractivity contribution is 9.10. The quantitative estimate of drug-likeness (QED) is 0.366. The van der Waals surface area contributed by atoms with Crippen molar-refractivity contribution in [1.29, 1.82) is 0 Å². The van der Waals surface area contributed by atoms with Gasteiger partial charge < -0.3 is 9.64 Å². The Hall–Kier alpha value is -3.12. The van der Waals surface area contributed by atoms with Gasteiger partial charge in [0.25, 0.3) is 5.91 Å². The molecule has 1 aliphatic heterocycles. The lowest BCUT2D eigenvalue weighted by Gasteiger charge is -2.17. The lowest BCUT2D eigenvalue weighted by molar-refractivity contribution is 0.0955. The topological polar surface area (TPSA) is 53.9 Å². The fourth-order valence-corrected chi connectivity index (χ4v) is 3.99. The van der Waals surface area contributed by atoms with Crippen LogP contribution in [0.25, 0.3) is 0 Å². The number of nitrogens with zero attached hydrogens (tertiary/aromatic N) is 2. The number of halogens is 1. The molecule has 1 aliphatic rings. The molecule has 0 radical (unpaired) electrons. The van der Waals surface area contributed by atoms with Crippen LogP contribution in [0.2, 0.25) is 0 Å². The SMILES string of the molecule is O=C(N/N=C\c1ccc(OCc2ccccc2)c(Br)c1)c1ccc(N2CCCC2)cc1. The van der Waals surface area contributed by atoms with E-state index in [1.807, 2.05) is 72.8 Å². The molecule has 1 N–H and O–H groups in total. The molecule has 0 aromatic heterocycles. The summed E-state index contributed by atoms with van der Waals surface area (Å²) in [6.45, 7) is 2.67. The van der Waals surface area contributed by atoms with Crippen LogP contribution in [0, 0.1) is 0 Å². The summed E-state index contributed by atoms with van der Waals surface area (Å²) in [7, 11) is 0. The molecule has 0 atom stereocenters. The number of benzene rings is 3. The highest BCUT2D eigenvalue weighted by Crippen LogP contribution is 2.26. The Labute approximate surface area is 190 Å². The number of hydrazone groups is 1. The molecule has 5 nitrogen and oxygen atoms in total. The highest BCUT2D eigenvalue weighted by Gasteiger charge is 2.13. The zero-order valence-corrected chi connectivity index (χ0v) is 18.7. The molecule has 31 heavy (non-hydrogen) atoms. The minimum absolute atomic E-state index is 0.230. The van der Waals surface area contributed by atoms with E-state index in [1.165, 1.54) is 12.8 Å². The fourth-order valence-electron chi connectivity index (χ4n) is 3.48. The first-order valence-electron chi connectivity index (χ1n) is 10.3. The van der Waals surface area contributed by atoms with E-state index < -0.39 is 0 Å². The van der Waals surface area contributed by atoms with Crippen molar-refractivity contribution in [3.05, 3.63) is 94.0 Å². The van der Waals surface area contributed by atoms with Crippen molar-refractivity contribution in [2.75, 3.05) is 18.0 Å². The van der Waals surface area contributed by atoms with Crippen molar-refractivity contribution in [3.8, 4) is 5.75 Å². The molecule has 0 saturated carbocycles. The number of carbonyl (C=O) groups is 1. The van der Waals surface area contributed by atoms with Gasteiger partial charge >= 0.3 is 0 Å². The molecule has 1 saturated heterocycles. The fraction of sp³-hybridized carbons (Fsp3) is 0.200. The van der Waals surface area contributed by atoms with Gasteiger partial charge in [-0.3, -0.25) is 4.79 Å². The molecular formula is C25H24BrN3O2. The van der Waals surface area contributed by atoms with Gasteiger partial charge in [0.15, 0.2) is 0 Å². The summed E-state index contributed by atoms with van der Waals surface area (Å²) in [4.78, 5) is 14.7. The van der Waals surface area contributed by atoms with Gasteiger partial charge in [0.2, 0.25) is 0 Å². The largest absolute Gasteiger partial charge is 0.488 e. The van der Waals surface area contributed by atoms with E-state index in [4.69, 9.17) is 4.74 Å². The van der Waals surface area contributed by atoms with Crippen molar-refractivity contribution in [1.82, 2.24) is 5.43 Å². The van der Waals surface area contributed by atoms with Crippen LogP contribution in [0.4, 0.5) is 5.69 Å². The summed E-state index contributed by atoms with van der Waals surface area (Å²) in [5, 5.41) is 4.09. The van der Waals surface area contributed by atoms with Gasteiger partial charge in [-0.25, -0.2) is 5.43 Å². The summed E-state index contributed by atoms with van der Waals surface area (Å²) in [5.74, 6) is 0.522. The first-order valence-corrected chi connectivity index (χ1v) is 11.1. The first kappa shape index (κ1) is 21.1. The predicted molar refractivity (Wildman–Crippen MR) is 128 cm³/mol. The molecule has 3 aromatic carbocycles. The highest BCUT2D eigenvalue weighted by atomic mass is 79.9. The number of ether oxygens (including phenoxy) is 1. The van der Waals surface area contributed by atoms with Gasteiger partial charge in [-0.1, -0.05) is 30.3 Å². The van der Waals surface area contributed by atoms with E-state index in [-0.39, 0.29) is 5.91 Å². The van der Waals surface area contributed by atoms with Gasteiger partial charge in [-0.15, -0.1) is 0 Å². The monoisotopic (exact) mass is 477 g/mol. The minimum atomic E-state index is -0.230. The summed E-state index contributed by atoms with van der Waals surface area (Å²) < 4.78 is 6.69. The van der Waals surface area contributed by atoms with E-state index in [0.29, 0.717) is 12.2 Å². The van der Waals surface area contributed by atoms with Gasteiger partial charge in [0, 0.05) is 24.3 Å². The molecule has 1 fully saturated rings. The second-order valence-electron chi connectivity index (χ2n) is 7.40. The number of hydrogen-bond acceptors (Lipinski definition) is 4. The summed E-state index contributed by atoms with van der Waals surface area (Å²) >= 11 is 3.53. The van der Waals surface area contributed by atoms with Crippen molar-refractivity contribution >= 4 is 33.7 Å². The van der Waals surface area contributed by atoms with Crippen molar-refractivity contribution in [2.24, 2.45) is 5.10 Å². The predicted octanol–water partition coefficient (Wildman–Crippen LogP) is 5.39. The average molecular weight is 478 g/mol. The number of rotatable bonds is 7. The van der Waals surface area contributed by atoms with Crippen LogP contribution in [-0.2, 0) is 6.61 Å². The maximum absolute atomic E-state index is 12.3. The molecule has 0 spiro atoms. The van der Waals surface area contributed by atoms with E-state index in [2.05, 4.69) is 31.4 Å². The maximum Gasteiger partial charge on any atom is 0.271 e. The van der Waals surface area contributed by atoms with E-state index in [9.17, 15) is 4.79 Å². The minimum Gasteiger partial charge on any atom is -0.488 e. The molecule has 1 heterocycles. The van der Waals surface area contributed by atoms with Gasteiger partial charge in [-0.05, 0) is 82.4 Å². The summed E-state index contributed by atoms with van der Waals surface area (Å²) in [5.41, 5.74) is 6.30. The lowest BCUT2D eigenvalue weighted by atomic mass is 10.2. The zero-order valence-electron chi connectivity index (χ0n) is 17.1. The molecule has 6 heteroatoms. The van der Waals surface area contributed by atoms with Crippen LogP contribution in [-0.4, -0.2) is 25.2 Å². The Morgan fingerprint density at radius 1 is 1.03 bits per heavy atom. The summed E-state index contributed by atoms with van der Waals surface area (Å²) in [6.07, 6.45) is 4.07. The molecule has 158 valence electrons. The molecule has 3 aromatic rings. The zero-order chi connectivity index (χ0) is 21.5. The third-order valence-electron chi connectivity index (χ3n) is 5.17. The van der Waals surface area contributed by atoms with Crippen LogP contribution in [0.15, 0.2) is 82.4 Å². The Balaban J connectivity index is 1.31. The third-order valence-corrected chi connectivity index (χ3v) is 5.79. The molecule has 4 rings (SSSR count). The maximum atomic E-state index is 12.3.